The normalized spacial score (nSPS) is 10.3. The molecule has 0 heterocycles. The fourth-order valence-electron chi connectivity index (χ4n) is 1.61. The van der Waals surface area contributed by atoms with Crippen molar-refractivity contribution < 1.29 is 13.6 Å². The van der Waals surface area contributed by atoms with Gasteiger partial charge >= 0.3 is 0 Å². The number of halogens is 3. The molecule has 2 nitrogen and oxygen atoms in total. The lowest BCUT2D eigenvalue weighted by Crippen LogP contribution is -2.14. The number of hydrogen-bond acceptors (Lipinski definition) is 1. The number of nitrogens with one attached hydrogen (secondary N) is 1. The van der Waals surface area contributed by atoms with Crippen LogP contribution in [0.2, 0.25) is 5.02 Å². The van der Waals surface area contributed by atoms with Crippen molar-refractivity contribution in [1.82, 2.24) is 0 Å². The molecule has 1 amide bonds. The summed E-state index contributed by atoms with van der Waals surface area (Å²) in [6, 6.07) is 10.1. The van der Waals surface area contributed by atoms with Gasteiger partial charge in [-0.05, 0) is 29.8 Å². The topological polar surface area (TPSA) is 29.1 Å². The standard InChI is InChI=1S/C14H10ClF2NO/c15-10-3-1-2-9(6-10)7-14(19)18-11-4-5-12(16)13(17)8-11/h1-6,8H,7H2,(H,18,19). The first kappa shape index (κ1) is 13.5. The Bertz CT molecular complexity index is 616. The second kappa shape index (κ2) is 5.80. The van der Waals surface area contributed by atoms with Crippen LogP contribution in [-0.2, 0) is 11.2 Å². The van der Waals surface area contributed by atoms with Crippen molar-refractivity contribution in [1.29, 1.82) is 0 Å². The molecule has 0 saturated carbocycles. The highest BCUT2D eigenvalue weighted by Crippen LogP contribution is 2.15. The summed E-state index contributed by atoms with van der Waals surface area (Å²) in [4.78, 5) is 11.7. The van der Waals surface area contributed by atoms with Crippen LogP contribution >= 0.6 is 11.6 Å². The Morgan fingerprint density at radius 3 is 2.58 bits per heavy atom. The Balaban J connectivity index is 2.03. The molecule has 1 N–H and O–H groups in total. The van der Waals surface area contributed by atoms with Crippen LogP contribution in [0, 0.1) is 11.6 Å². The summed E-state index contributed by atoms with van der Waals surface area (Å²) in [7, 11) is 0. The summed E-state index contributed by atoms with van der Waals surface area (Å²) < 4.78 is 25.7. The molecule has 0 bridgehead atoms. The van der Waals surface area contributed by atoms with E-state index in [0.717, 1.165) is 17.7 Å². The third-order valence-electron chi connectivity index (χ3n) is 2.46. The zero-order chi connectivity index (χ0) is 13.8. The number of rotatable bonds is 3. The van der Waals surface area contributed by atoms with Crippen LogP contribution in [0.1, 0.15) is 5.56 Å². The highest BCUT2D eigenvalue weighted by molar-refractivity contribution is 6.30. The summed E-state index contributed by atoms with van der Waals surface area (Å²) in [5.41, 5.74) is 0.957. The number of benzene rings is 2. The van der Waals surface area contributed by atoms with Crippen LogP contribution in [-0.4, -0.2) is 5.91 Å². The molecule has 0 aliphatic carbocycles. The average molecular weight is 282 g/mol. The van der Waals surface area contributed by atoms with Gasteiger partial charge in [0.15, 0.2) is 11.6 Å². The van der Waals surface area contributed by atoms with Crippen molar-refractivity contribution in [2.24, 2.45) is 0 Å². The minimum Gasteiger partial charge on any atom is -0.326 e. The van der Waals surface area contributed by atoms with E-state index in [2.05, 4.69) is 5.32 Å². The lowest BCUT2D eigenvalue weighted by Gasteiger charge is -2.06. The first-order chi connectivity index (χ1) is 9.04. The molecule has 0 saturated heterocycles. The third kappa shape index (κ3) is 3.76. The van der Waals surface area contributed by atoms with E-state index in [4.69, 9.17) is 11.6 Å². The second-order valence-electron chi connectivity index (χ2n) is 3.98. The maximum atomic E-state index is 13.0. The molecule has 2 rings (SSSR count). The minimum absolute atomic E-state index is 0.111. The monoisotopic (exact) mass is 281 g/mol. The largest absolute Gasteiger partial charge is 0.326 e. The van der Waals surface area contributed by atoms with Gasteiger partial charge in [-0.15, -0.1) is 0 Å². The highest BCUT2D eigenvalue weighted by atomic mass is 35.5. The van der Waals surface area contributed by atoms with Gasteiger partial charge in [0.25, 0.3) is 0 Å². The van der Waals surface area contributed by atoms with Gasteiger partial charge < -0.3 is 5.32 Å². The van der Waals surface area contributed by atoms with Gasteiger partial charge in [-0.25, -0.2) is 8.78 Å². The summed E-state index contributed by atoms with van der Waals surface area (Å²) in [5.74, 6) is -2.28. The Labute approximate surface area is 114 Å². The minimum atomic E-state index is -0.999. The molecule has 2 aromatic rings. The molecule has 0 aliphatic heterocycles. The average Bonchev–Trinajstić information content (AvgIpc) is 2.34. The summed E-state index contributed by atoms with van der Waals surface area (Å²) in [6.07, 6.45) is 0.111. The predicted molar refractivity (Wildman–Crippen MR) is 70.1 cm³/mol. The fraction of sp³-hybridized carbons (Fsp3) is 0.0714. The van der Waals surface area contributed by atoms with Crippen LogP contribution < -0.4 is 5.32 Å². The van der Waals surface area contributed by atoms with E-state index >= 15 is 0 Å². The number of hydrogen-bond donors (Lipinski definition) is 1. The summed E-state index contributed by atoms with van der Waals surface area (Å²) >= 11 is 5.80. The first-order valence-corrected chi connectivity index (χ1v) is 5.92. The Morgan fingerprint density at radius 1 is 1.11 bits per heavy atom. The fourth-order valence-corrected chi connectivity index (χ4v) is 1.82. The first-order valence-electron chi connectivity index (χ1n) is 5.54. The quantitative estimate of drug-likeness (QED) is 0.911. The van der Waals surface area contributed by atoms with E-state index in [1.165, 1.54) is 6.07 Å². The van der Waals surface area contributed by atoms with Gasteiger partial charge in [0.1, 0.15) is 0 Å². The molecule has 0 aliphatic rings. The molecule has 0 radical (unpaired) electrons. The SMILES string of the molecule is O=C(Cc1cccc(Cl)c1)Nc1ccc(F)c(F)c1. The maximum Gasteiger partial charge on any atom is 0.228 e. The smallest absolute Gasteiger partial charge is 0.228 e. The third-order valence-corrected chi connectivity index (χ3v) is 2.69. The zero-order valence-electron chi connectivity index (χ0n) is 9.79. The van der Waals surface area contributed by atoms with Gasteiger partial charge in [0.2, 0.25) is 5.91 Å². The van der Waals surface area contributed by atoms with E-state index in [1.807, 2.05) is 0 Å². The molecule has 19 heavy (non-hydrogen) atoms. The van der Waals surface area contributed by atoms with Gasteiger partial charge in [-0.1, -0.05) is 23.7 Å². The van der Waals surface area contributed by atoms with Crippen molar-refractivity contribution in [2.45, 2.75) is 6.42 Å². The van der Waals surface area contributed by atoms with E-state index in [0.29, 0.717) is 5.02 Å². The second-order valence-corrected chi connectivity index (χ2v) is 4.42. The lowest BCUT2D eigenvalue weighted by molar-refractivity contribution is -0.115. The molecule has 0 spiro atoms. The van der Waals surface area contributed by atoms with E-state index in [9.17, 15) is 13.6 Å². The van der Waals surface area contributed by atoms with Crippen molar-refractivity contribution in [2.75, 3.05) is 5.32 Å². The van der Waals surface area contributed by atoms with Crippen LogP contribution in [0.15, 0.2) is 42.5 Å². The zero-order valence-corrected chi connectivity index (χ0v) is 10.5. The molecule has 0 aromatic heterocycles. The summed E-state index contributed by atoms with van der Waals surface area (Å²) in [6.45, 7) is 0. The van der Waals surface area contributed by atoms with Crippen molar-refractivity contribution >= 4 is 23.2 Å². The van der Waals surface area contributed by atoms with E-state index < -0.39 is 11.6 Å². The van der Waals surface area contributed by atoms with Crippen LogP contribution in [0.25, 0.3) is 0 Å². The van der Waals surface area contributed by atoms with Gasteiger partial charge in [-0.3, -0.25) is 4.79 Å². The number of amides is 1. The molecule has 0 atom stereocenters. The Hall–Kier alpha value is -1.94. The highest BCUT2D eigenvalue weighted by Gasteiger charge is 2.07. The van der Waals surface area contributed by atoms with E-state index in [-0.39, 0.29) is 18.0 Å². The van der Waals surface area contributed by atoms with Crippen molar-refractivity contribution in [3.63, 3.8) is 0 Å². The van der Waals surface area contributed by atoms with Gasteiger partial charge in [0.05, 0.1) is 6.42 Å². The molecular formula is C14H10ClF2NO. The lowest BCUT2D eigenvalue weighted by atomic mass is 10.1. The van der Waals surface area contributed by atoms with Gasteiger partial charge in [0, 0.05) is 16.8 Å². The molecule has 0 unspecified atom stereocenters. The Kier molecular flexibility index (Phi) is 4.12. The molecular weight excluding hydrogens is 272 g/mol. The van der Waals surface area contributed by atoms with Crippen molar-refractivity contribution in [3.05, 3.63) is 64.7 Å². The van der Waals surface area contributed by atoms with Crippen LogP contribution in [0.3, 0.4) is 0 Å². The molecule has 2 aromatic carbocycles. The summed E-state index contributed by atoms with van der Waals surface area (Å²) in [5, 5.41) is 3.03. The molecule has 5 heteroatoms. The van der Waals surface area contributed by atoms with E-state index in [1.54, 1.807) is 24.3 Å². The number of carbonyl (C=O) groups excluding carboxylic acids is 1. The Morgan fingerprint density at radius 2 is 1.89 bits per heavy atom. The number of anilines is 1. The molecule has 0 fully saturated rings. The maximum absolute atomic E-state index is 13.0. The van der Waals surface area contributed by atoms with Crippen LogP contribution in [0.4, 0.5) is 14.5 Å². The van der Waals surface area contributed by atoms with Crippen LogP contribution in [0.5, 0.6) is 0 Å². The molecule has 98 valence electrons. The number of carbonyl (C=O) groups is 1. The van der Waals surface area contributed by atoms with Crippen molar-refractivity contribution in [3.8, 4) is 0 Å². The predicted octanol–water partition coefficient (Wildman–Crippen LogP) is 3.80. The van der Waals surface area contributed by atoms with Gasteiger partial charge in [-0.2, -0.15) is 0 Å².